The van der Waals surface area contributed by atoms with Gasteiger partial charge in [-0.1, -0.05) is 220 Å². The summed E-state index contributed by atoms with van der Waals surface area (Å²) < 4.78 is 172. The second kappa shape index (κ2) is 47.1. The highest BCUT2D eigenvalue weighted by Gasteiger charge is 2.42. The molecule has 6 atom stereocenters. The van der Waals surface area contributed by atoms with Crippen molar-refractivity contribution in [1.29, 1.82) is 0 Å². The summed E-state index contributed by atoms with van der Waals surface area (Å²) in [6, 6.07) is 60.1. The van der Waals surface area contributed by atoms with E-state index >= 15 is 0 Å². The van der Waals surface area contributed by atoms with E-state index in [1.54, 1.807) is 209 Å². The van der Waals surface area contributed by atoms with Gasteiger partial charge in [0.15, 0.2) is 0 Å². The first-order valence-electron chi connectivity index (χ1n) is 36.7. The van der Waals surface area contributed by atoms with Crippen molar-refractivity contribution in [3.8, 4) is 0 Å². The molecule has 0 amide bonds. The van der Waals surface area contributed by atoms with Gasteiger partial charge in [0.1, 0.15) is 0 Å². The minimum Gasteiger partial charge on any atom is -0.299 e. The molecule has 9 aromatic carbocycles. The van der Waals surface area contributed by atoms with E-state index in [1.165, 1.54) is 30.3 Å². The van der Waals surface area contributed by atoms with Gasteiger partial charge in [-0.05, 0) is 182 Å². The zero-order chi connectivity index (χ0) is 89.3. The molecule has 0 spiro atoms. The highest BCUT2D eigenvalue weighted by atomic mass is 127. The number of alkyl halides is 1. The Kier molecular flexibility index (Phi) is 40.1. The number of hydrogen-bond acceptors (Lipinski definition) is 14. The molecule has 0 N–H and O–H groups in total. The molecule has 1 saturated carbocycles. The molecular weight excluding hydrogens is 1820 g/mol. The Morgan fingerprint density at radius 2 is 0.731 bits per heavy atom. The van der Waals surface area contributed by atoms with E-state index in [1.807, 2.05) is 54.5 Å². The van der Waals surface area contributed by atoms with E-state index in [-0.39, 0.29) is 52.5 Å². The SMILES string of the molecule is [C-]#[N+]C(C(C)C)S(=O)(=O)c1ccc(C)cc1.[C-]#[N+]C(C1CCCC1)S(=O)(=O)c1ccc(C)cc1.[C-]#[N+]C(CC)S(=O)(=O)c1ccc(C)cc1.[C-]#[N+]C(CC=C)S(=O)(=O)c1ccc(C)cc1.[C-]#[N+]C(c1ccc(Br)cc1)S(=O)(=O)c1ccc(C)cc1.[C-]#[N+]C(c1cccc(CI)c1)S(=O)(=O)c1ccc(C)cc1.[C-]#[N+]CS(=O)(=O)c1ccc(C)cc1. The van der Waals surface area contributed by atoms with Gasteiger partial charge in [0.25, 0.3) is 68.9 Å². The molecule has 10 rings (SSSR count). The van der Waals surface area contributed by atoms with Gasteiger partial charge in [0.05, 0.1) is 51.8 Å². The molecule has 1 fully saturated rings. The van der Waals surface area contributed by atoms with Gasteiger partial charge in [0, 0.05) is 27.2 Å². The lowest BCUT2D eigenvalue weighted by atomic mass is 10.1. The van der Waals surface area contributed by atoms with E-state index in [2.05, 4.69) is 79.0 Å². The van der Waals surface area contributed by atoms with Crippen LogP contribution in [0.5, 0.6) is 0 Å². The highest BCUT2D eigenvalue weighted by molar-refractivity contribution is 14.1. The first-order chi connectivity index (χ1) is 56.0. The topological polar surface area (TPSA) is 270 Å². The lowest BCUT2D eigenvalue weighted by Gasteiger charge is -2.13. The Bertz CT molecular complexity index is 6080. The number of aryl methyl sites for hydroxylation is 7. The summed E-state index contributed by atoms with van der Waals surface area (Å²) in [5.41, 5.74) is 9.00. The number of sulfone groups is 7. The summed E-state index contributed by atoms with van der Waals surface area (Å²) in [6.07, 6.45) is 5.73. The predicted octanol–water partition coefficient (Wildman–Crippen LogP) is 21.0. The molecule has 9 aromatic rings. The van der Waals surface area contributed by atoms with Gasteiger partial charge in [0.2, 0.25) is 0 Å². The fourth-order valence-corrected chi connectivity index (χ4v) is 21.8. The Morgan fingerprint density at radius 1 is 0.403 bits per heavy atom. The van der Waals surface area contributed by atoms with E-state index in [0.29, 0.717) is 17.5 Å². The van der Waals surface area contributed by atoms with Crippen LogP contribution in [0.1, 0.15) is 126 Å². The van der Waals surface area contributed by atoms with Crippen LogP contribution in [0.3, 0.4) is 0 Å². The van der Waals surface area contributed by atoms with Crippen LogP contribution in [-0.2, 0) is 73.3 Å². The van der Waals surface area contributed by atoms with Crippen LogP contribution >= 0.6 is 38.5 Å². The summed E-state index contributed by atoms with van der Waals surface area (Å²) in [7, 11) is -24.8. The highest BCUT2D eigenvalue weighted by Crippen LogP contribution is 2.36. The van der Waals surface area contributed by atoms with Gasteiger partial charge >= 0.3 is 38.1 Å². The number of benzene rings is 9. The molecule has 0 heterocycles. The first-order valence-corrected chi connectivity index (χ1v) is 49.9. The molecular formula is C89H93BrIN7O14S7. The number of nitrogens with zero attached hydrogens (tertiary/aromatic N) is 7. The van der Waals surface area contributed by atoms with Crippen molar-refractivity contribution in [2.24, 2.45) is 11.8 Å². The molecule has 0 bridgehead atoms. The van der Waals surface area contributed by atoms with Crippen molar-refractivity contribution < 1.29 is 58.9 Å². The maximum atomic E-state index is 12.7. The Labute approximate surface area is 727 Å². The number of rotatable bonds is 22. The summed E-state index contributed by atoms with van der Waals surface area (Å²) in [6.45, 7) is 70.9. The molecule has 30 heteroatoms. The zero-order valence-electron chi connectivity index (χ0n) is 67.3. The molecule has 1 aliphatic rings. The second-order valence-corrected chi connectivity index (χ2v) is 43.6. The van der Waals surface area contributed by atoms with Gasteiger partial charge in [-0.15, -0.1) is 6.58 Å². The van der Waals surface area contributed by atoms with Crippen LogP contribution in [0.4, 0.5) is 0 Å². The van der Waals surface area contributed by atoms with Crippen molar-refractivity contribution in [2.75, 3.05) is 5.88 Å². The minimum absolute atomic E-state index is 0.00815. The number of hydrogen-bond donors (Lipinski definition) is 0. The van der Waals surface area contributed by atoms with E-state index in [4.69, 9.17) is 46.0 Å². The fourth-order valence-electron chi connectivity index (χ4n) is 11.2. The molecule has 0 aliphatic heterocycles. The van der Waals surface area contributed by atoms with Crippen molar-refractivity contribution in [3.05, 3.63) is 371 Å². The zero-order valence-corrected chi connectivity index (χ0v) is 76.8. The van der Waals surface area contributed by atoms with Gasteiger partial charge < -0.3 is 0 Å². The van der Waals surface area contributed by atoms with Gasteiger partial charge in [-0.3, -0.25) is 33.9 Å². The molecule has 0 saturated heterocycles. The molecule has 0 radical (unpaired) electrons. The van der Waals surface area contributed by atoms with Crippen molar-refractivity contribution in [3.63, 3.8) is 0 Å². The Balaban J connectivity index is 0.000000293. The smallest absolute Gasteiger partial charge is 0.299 e. The first kappa shape index (κ1) is 101. The van der Waals surface area contributed by atoms with Gasteiger partial charge in [-0.25, -0.2) is 105 Å². The maximum Gasteiger partial charge on any atom is 0.350 e. The predicted molar refractivity (Wildman–Crippen MR) is 480 cm³/mol. The van der Waals surface area contributed by atoms with Crippen molar-refractivity contribution in [1.82, 2.24) is 0 Å². The van der Waals surface area contributed by atoms with Crippen LogP contribution in [-0.4, -0.2) is 86.3 Å². The van der Waals surface area contributed by atoms with Crippen molar-refractivity contribution >= 4 is 107 Å². The molecule has 6 unspecified atom stereocenters. The third-order valence-corrected chi connectivity index (χ3v) is 33.0. The minimum atomic E-state index is -3.70. The lowest BCUT2D eigenvalue weighted by Crippen LogP contribution is -2.25. The summed E-state index contributed by atoms with van der Waals surface area (Å²) in [5, 5.41) is -6.31. The van der Waals surface area contributed by atoms with Crippen LogP contribution in [0.2, 0.25) is 0 Å². The lowest BCUT2D eigenvalue weighted by molar-refractivity contribution is 0.520. The largest absolute Gasteiger partial charge is 0.350 e. The summed E-state index contributed by atoms with van der Waals surface area (Å²) in [4.78, 5) is 24.0. The van der Waals surface area contributed by atoms with Crippen molar-refractivity contribution in [2.45, 2.75) is 179 Å². The Hall–Kier alpha value is -9.99. The number of halogens is 2. The molecule has 1 aliphatic carbocycles. The third kappa shape index (κ3) is 29.2. The van der Waals surface area contributed by atoms with Crippen LogP contribution in [0, 0.1) is 106 Å². The molecule has 624 valence electrons. The molecule has 0 aromatic heterocycles. The Morgan fingerprint density at radius 3 is 1.03 bits per heavy atom. The van der Waals surface area contributed by atoms with E-state index in [9.17, 15) is 58.9 Å². The van der Waals surface area contributed by atoms with Crippen LogP contribution < -0.4 is 0 Å². The van der Waals surface area contributed by atoms with Gasteiger partial charge in [-0.2, -0.15) is 0 Å². The van der Waals surface area contributed by atoms with Crippen LogP contribution in [0.25, 0.3) is 33.9 Å². The molecule has 119 heavy (non-hydrogen) atoms. The monoisotopic (exact) mass is 1910 g/mol. The summed E-state index contributed by atoms with van der Waals surface area (Å²) in [5.74, 6) is -0.673. The standard InChI is InChI=1S/C16H14INO2S.C15H12BrNO2S.C14H17NO2S.C12H15NO2S.C12H13NO2S.C11H13NO2S.C9H9NO2S/c1-12-6-8-15(9-7-12)21(19,20)16(18-2)14-5-3-4-13(10-14)11-17;1-11-3-9-14(10-4-11)20(18,19)15(17-2)12-5-7-13(16)8-6-12;1-11-7-9-13(10-8-11)18(16,17)14(15-2)12-5-3-4-6-12;1-9(2)12(13-4)16(14,15)11-7-5-10(3)6-8-11;1-4-5-12(13-3)16(14,15)11-8-6-10(2)7-9-11;1-4-11(12-3)15(13,14)10-7-5-9(2)6-8-10;1-8-3-5-9(6-4-8)13(11,12)7-10-2/h3-10,16H,11H2,1H3;3-10,15H,1H3;7-10,12,14H,3-6H2,1H3;5-9,12H,1-3H3;4,6-9,12H,1,5H2,2H3;5-8,11H,4H2,1-2H3;3-6H,7H2,1H3. The quantitative estimate of drug-likeness (QED) is 0.0264. The fraction of sp³-hybridized carbons (Fsp3) is 0.292. The average molecular weight is 1920 g/mol. The average Bonchev–Trinajstić information content (AvgIpc) is 1.80. The normalized spacial score (nSPS) is 13.5. The third-order valence-electron chi connectivity index (χ3n) is 18.1. The van der Waals surface area contributed by atoms with E-state index < -0.39 is 107 Å². The maximum absolute atomic E-state index is 12.7. The summed E-state index contributed by atoms with van der Waals surface area (Å²) >= 11 is 5.51. The molecule has 21 nitrogen and oxygen atoms in total. The van der Waals surface area contributed by atoms with Crippen LogP contribution in [0.15, 0.2) is 270 Å². The van der Waals surface area contributed by atoms with E-state index in [0.717, 1.165) is 79.1 Å². The second-order valence-electron chi connectivity index (χ2n) is 27.7.